The number of aromatic nitrogens is 1. The molecular formula is C24H25ClFN5O5. The average molecular weight is 518 g/mol. The normalized spacial score (nSPS) is 16.8. The Balaban J connectivity index is 1.58. The number of carbonyl (C=O) groups excluding carboxylic acids is 3. The molecule has 0 radical (unpaired) electrons. The smallest absolute Gasteiger partial charge is 0.323 e. The molecule has 4 amide bonds. The number of benzene rings is 2. The maximum atomic E-state index is 14.3. The molecule has 1 aliphatic rings. The minimum atomic E-state index is -1.22. The standard InChI is InChI=1S/C24H25ClFN5O5/c1-35-24(36-2)10-19(21(32)28-11-14-6-5-8-16(25)20(14)26)31(13-24)23(34)29-17-12-30(22(27)33)18-9-4-3-7-15(17)18/h3-9,12,19H,10-11,13H2,1-2H3,(H2,27,33)(H,28,32)(H,29,34)/t19-/m0/s1. The van der Waals surface area contributed by atoms with Crippen LogP contribution in [0.15, 0.2) is 48.7 Å². The van der Waals surface area contributed by atoms with E-state index >= 15 is 0 Å². The molecular weight excluding hydrogens is 493 g/mol. The van der Waals surface area contributed by atoms with Gasteiger partial charge in [0.25, 0.3) is 0 Å². The number of nitrogens with zero attached hydrogens (tertiary/aromatic N) is 2. The van der Waals surface area contributed by atoms with Crippen LogP contribution in [0.1, 0.15) is 12.0 Å². The zero-order valence-electron chi connectivity index (χ0n) is 19.6. The van der Waals surface area contributed by atoms with Crippen LogP contribution in [0.5, 0.6) is 0 Å². The van der Waals surface area contributed by atoms with Crippen LogP contribution in [0.25, 0.3) is 10.9 Å². The minimum absolute atomic E-state index is 0.0420. The molecule has 1 fully saturated rings. The molecule has 190 valence electrons. The van der Waals surface area contributed by atoms with E-state index in [2.05, 4.69) is 10.6 Å². The topological polar surface area (TPSA) is 128 Å². The van der Waals surface area contributed by atoms with Crippen molar-refractivity contribution in [3.05, 3.63) is 65.1 Å². The Labute approximate surface area is 211 Å². The van der Waals surface area contributed by atoms with E-state index in [1.807, 2.05) is 0 Å². The van der Waals surface area contributed by atoms with Gasteiger partial charge in [0.1, 0.15) is 11.9 Å². The monoisotopic (exact) mass is 517 g/mol. The molecule has 10 nitrogen and oxygen atoms in total. The van der Waals surface area contributed by atoms with Crippen molar-refractivity contribution in [2.24, 2.45) is 5.73 Å². The van der Waals surface area contributed by atoms with Crippen LogP contribution in [0.3, 0.4) is 0 Å². The first-order chi connectivity index (χ1) is 17.2. The highest BCUT2D eigenvalue weighted by atomic mass is 35.5. The molecule has 1 aliphatic heterocycles. The van der Waals surface area contributed by atoms with Crippen LogP contribution in [0, 0.1) is 5.82 Å². The van der Waals surface area contributed by atoms with E-state index < -0.39 is 35.6 Å². The van der Waals surface area contributed by atoms with E-state index in [0.717, 1.165) is 0 Å². The second kappa shape index (κ2) is 10.1. The molecule has 0 aliphatic carbocycles. The first-order valence-corrected chi connectivity index (χ1v) is 11.4. The molecule has 2 heterocycles. The molecule has 0 saturated carbocycles. The molecule has 0 bridgehead atoms. The first-order valence-electron chi connectivity index (χ1n) is 11.0. The molecule has 4 rings (SSSR count). The van der Waals surface area contributed by atoms with Crippen molar-refractivity contribution in [1.29, 1.82) is 0 Å². The van der Waals surface area contributed by atoms with Gasteiger partial charge in [0.2, 0.25) is 5.91 Å². The summed E-state index contributed by atoms with van der Waals surface area (Å²) < 4.78 is 26.5. The Hall–Kier alpha value is -3.67. The molecule has 1 saturated heterocycles. The maximum absolute atomic E-state index is 14.3. The van der Waals surface area contributed by atoms with Crippen molar-refractivity contribution < 1.29 is 28.2 Å². The number of methoxy groups -OCH3 is 2. The highest BCUT2D eigenvalue weighted by Gasteiger charge is 2.50. The van der Waals surface area contributed by atoms with Gasteiger partial charge in [-0.05, 0) is 12.1 Å². The molecule has 2 aromatic carbocycles. The lowest BCUT2D eigenvalue weighted by molar-refractivity contribution is -0.195. The molecule has 1 atom stereocenters. The predicted octanol–water partition coefficient (Wildman–Crippen LogP) is 3.27. The fraction of sp³-hybridized carbons (Fsp3) is 0.292. The number of hydrogen-bond donors (Lipinski definition) is 3. The number of fused-ring (bicyclic) bond motifs is 1. The number of anilines is 1. The summed E-state index contributed by atoms with van der Waals surface area (Å²) in [6.45, 7) is -0.180. The number of rotatable bonds is 6. The summed E-state index contributed by atoms with van der Waals surface area (Å²) in [5, 5.41) is 5.94. The van der Waals surface area contributed by atoms with Crippen LogP contribution in [0.2, 0.25) is 5.02 Å². The molecule has 0 spiro atoms. The van der Waals surface area contributed by atoms with Gasteiger partial charge in [0, 0.05) is 44.3 Å². The van der Waals surface area contributed by atoms with E-state index in [0.29, 0.717) is 16.6 Å². The fourth-order valence-electron chi connectivity index (χ4n) is 4.30. The highest BCUT2D eigenvalue weighted by Crippen LogP contribution is 2.33. The Morgan fingerprint density at radius 2 is 1.89 bits per heavy atom. The molecule has 1 aromatic heterocycles. The lowest BCUT2D eigenvalue weighted by Gasteiger charge is -2.26. The Kier molecular flexibility index (Phi) is 7.16. The van der Waals surface area contributed by atoms with Gasteiger partial charge in [-0.25, -0.2) is 14.0 Å². The molecule has 4 N–H and O–H groups in total. The van der Waals surface area contributed by atoms with Crippen LogP contribution in [0.4, 0.5) is 19.7 Å². The summed E-state index contributed by atoms with van der Waals surface area (Å²) >= 11 is 5.82. The number of para-hydroxylation sites is 1. The number of halogens is 2. The van der Waals surface area contributed by atoms with Gasteiger partial charge < -0.3 is 30.7 Å². The van der Waals surface area contributed by atoms with Crippen LogP contribution in [-0.2, 0) is 20.8 Å². The van der Waals surface area contributed by atoms with Crippen molar-refractivity contribution in [1.82, 2.24) is 14.8 Å². The zero-order chi connectivity index (χ0) is 26.0. The first kappa shape index (κ1) is 25.4. The summed E-state index contributed by atoms with van der Waals surface area (Å²) in [4.78, 5) is 39.6. The molecule has 36 heavy (non-hydrogen) atoms. The van der Waals surface area contributed by atoms with Crippen molar-refractivity contribution in [2.75, 3.05) is 26.1 Å². The fourth-order valence-corrected chi connectivity index (χ4v) is 4.49. The van der Waals surface area contributed by atoms with E-state index in [1.54, 1.807) is 30.3 Å². The average Bonchev–Trinajstić information content (AvgIpc) is 3.45. The Bertz CT molecular complexity index is 1330. The second-order valence-electron chi connectivity index (χ2n) is 8.30. The Morgan fingerprint density at radius 1 is 1.17 bits per heavy atom. The van der Waals surface area contributed by atoms with E-state index in [-0.39, 0.29) is 30.1 Å². The third-order valence-corrected chi connectivity index (χ3v) is 6.57. The van der Waals surface area contributed by atoms with Gasteiger partial charge in [-0.15, -0.1) is 0 Å². The summed E-state index contributed by atoms with van der Waals surface area (Å²) in [6.07, 6.45) is 1.46. The van der Waals surface area contributed by atoms with Crippen LogP contribution < -0.4 is 16.4 Å². The van der Waals surface area contributed by atoms with Crippen molar-refractivity contribution in [3.8, 4) is 0 Å². The van der Waals surface area contributed by atoms with E-state index in [9.17, 15) is 18.8 Å². The largest absolute Gasteiger partial charge is 0.351 e. The van der Waals surface area contributed by atoms with Crippen molar-refractivity contribution in [2.45, 2.75) is 24.8 Å². The van der Waals surface area contributed by atoms with Gasteiger partial charge in [-0.1, -0.05) is 41.9 Å². The number of amides is 4. The van der Waals surface area contributed by atoms with E-state index in [4.69, 9.17) is 26.8 Å². The zero-order valence-corrected chi connectivity index (χ0v) is 20.3. The molecule has 0 unspecified atom stereocenters. The third kappa shape index (κ3) is 4.72. The quantitative estimate of drug-likeness (QED) is 0.432. The maximum Gasteiger partial charge on any atom is 0.323 e. The van der Waals surface area contributed by atoms with Gasteiger partial charge in [0.15, 0.2) is 5.79 Å². The summed E-state index contributed by atoms with van der Waals surface area (Å²) in [6, 6.07) is 9.08. The number of hydrogen-bond acceptors (Lipinski definition) is 5. The number of ether oxygens (including phenoxy) is 2. The van der Waals surface area contributed by atoms with Gasteiger partial charge in [-0.2, -0.15) is 0 Å². The van der Waals surface area contributed by atoms with Gasteiger partial charge in [0.05, 0.1) is 22.8 Å². The van der Waals surface area contributed by atoms with Gasteiger partial charge >= 0.3 is 12.1 Å². The summed E-state index contributed by atoms with van der Waals surface area (Å²) in [7, 11) is 2.84. The SMILES string of the molecule is COC1(OC)C[C@@H](C(=O)NCc2cccc(Cl)c2F)N(C(=O)Nc2cn(C(N)=O)c3ccccc23)C1. The number of likely N-dealkylation sites (tertiary alicyclic amines) is 1. The lowest BCUT2D eigenvalue weighted by atomic mass is 10.1. The number of urea groups is 1. The molecule has 12 heteroatoms. The third-order valence-electron chi connectivity index (χ3n) is 6.27. The van der Waals surface area contributed by atoms with Crippen molar-refractivity contribution >= 4 is 46.2 Å². The Morgan fingerprint density at radius 3 is 2.58 bits per heavy atom. The number of primary amides is 1. The number of nitrogens with two attached hydrogens (primary N) is 1. The highest BCUT2D eigenvalue weighted by molar-refractivity contribution is 6.30. The number of nitrogens with one attached hydrogen (secondary N) is 2. The predicted molar refractivity (Wildman–Crippen MR) is 131 cm³/mol. The summed E-state index contributed by atoms with van der Waals surface area (Å²) in [5.41, 5.74) is 6.51. The van der Waals surface area contributed by atoms with Crippen LogP contribution >= 0.6 is 11.6 Å². The van der Waals surface area contributed by atoms with Crippen molar-refractivity contribution in [3.63, 3.8) is 0 Å². The van der Waals surface area contributed by atoms with E-state index in [1.165, 1.54) is 42.0 Å². The summed E-state index contributed by atoms with van der Waals surface area (Å²) in [5.74, 6) is -2.38. The second-order valence-corrected chi connectivity index (χ2v) is 8.70. The molecule has 3 aromatic rings. The van der Waals surface area contributed by atoms with Crippen LogP contribution in [-0.4, -0.2) is 60.0 Å². The lowest BCUT2D eigenvalue weighted by Crippen LogP contribution is -2.47. The minimum Gasteiger partial charge on any atom is -0.351 e. The van der Waals surface area contributed by atoms with Gasteiger partial charge in [-0.3, -0.25) is 9.36 Å². The number of carbonyl (C=O) groups is 3.